The molecule has 1 amide bonds. The Hall–Kier alpha value is -2.49. The number of rotatable bonds is 8. The van der Waals surface area contributed by atoms with Gasteiger partial charge in [-0.1, -0.05) is 12.1 Å². The van der Waals surface area contributed by atoms with Gasteiger partial charge in [0.05, 0.1) is 20.3 Å². The summed E-state index contributed by atoms with van der Waals surface area (Å²) in [6.07, 6.45) is 3.41. The van der Waals surface area contributed by atoms with Crippen LogP contribution in [0.3, 0.4) is 0 Å². The van der Waals surface area contributed by atoms with Crippen LogP contribution >= 0.6 is 24.0 Å². The van der Waals surface area contributed by atoms with E-state index in [0.29, 0.717) is 30.6 Å². The second-order valence-corrected chi connectivity index (χ2v) is 7.67. The Kier molecular flexibility index (Phi) is 11.3. The number of carbonyl (C=O) groups is 1. The van der Waals surface area contributed by atoms with Gasteiger partial charge in [0, 0.05) is 37.0 Å². The molecular formula is C25H35IN4O3. The number of anilines is 1. The van der Waals surface area contributed by atoms with Gasteiger partial charge in [-0.15, -0.1) is 24.0 Å². The molecule has 0 bridgehead atoms. The minimum atomic E-state index is 0. The SMILES string of the molecule is CCNC(=NCc1ccc(C(=O)N2CCCCC2)cc1)Nc1ccc(OCC)c(OC)c1.I. The average Bonchev–Trinajstić information content (AvgIpc) is 2.84. The molecule has 0 spiro atoms. The number of nitrogens with zero attached hydrogens (tertiary/aromatic N) is 2. The summed E-state index contributed by atoms with van der Waals surface area (Å²) in [6, 6.07) is 13.5. The summed E-state index contributed by atoms with van der Waals surface area (Å²) < 4.78 is 11.0. The molecule has 7 nitrogen and oxygen atoms in total. The number of aliphatic imine (C=N–C) groups is 1. The molecule has 0 aromatic heterocycles. The molecule has 8 heteroatoms. The number of ether oxygens (including phenoxy) is 2. The van der Waals surface area contributed by atoms with Gasteiger partial charge in [0.2, 0.25) is 0 Å². The fourth-order valence-electron chi connectivity index (χ4n) is 3.67. The number of amides is 1. The molecule has 1 fully saturated rings. The summed E-state index contributed by atoms with van der Waals surface area (Å²) in [7, 11) is 1.63. The molecule has 2 N–H and O–H groups in total. The molecule has 0 aliphatic carbocycles. The predicted molar refractivity (Wildman–Crippen MR) is 144 cm³/mol. The maximum absolute atomic E-state index is 12.6. The Morgan fingerprint density at radius 3 is 2.39 bits per heavy atom. The van der Waals surface area contributed by atoms with E-state index in [1.54, 1.807) is 7.11 Å². The number of guanidine groups is 1. The fourth-order valence-corrected chi connectivity index (χ4v) is 3.67. The van der Waals surface area contributed by atoms with E-state index in [-0.39, 0.29) is 29.9 Å². The Bertz CT molecular complexity index is 912. The largest absolute Gasteiger partial charge is 0.493 e. The van der Waals surface area contributed by atoms with E-state index in [1.807, 2.05) is 61.2 Å². The van der Waals surface area contributed by atoms with Crippen molar-refractivity contribution in [2.75, 3.05) is 38.7 Å². The first-order valence-electron chi connectivity index (χ1n) is 11.4. The maximum Gasteiger partial charge on any atom is 0.253 e. The van der Waals surface area contributed by atoms with Gasteiger partial charge in [-0.2, -0.15) is 0 Å². The molecule has 2 aromatic rings. The highest BCUT2D eigenvalue weighted by atomic mass is 127. The summed E-state index contributed by atoms with van der Waals surface area (Å²) in [5.74, 6) is 2.18. The molecule has 0 atom stereocenters. The molecule has 1 aliphatic heterocycles. The molecule has 0 saturated carbocycles. The summed E-state index contributed by atoms with van der Waals surface area (Å²) in [6.45, 7) is 7.51. The van der Waals surface area contributed by atoms with Crippen molar-refractivity contribution < 1.29 is 14.3 Å². The van der Waals surface area contributed by atoms with E-state index >= 15 is 0 Å². The molecular weight excluding hydrogens is 531 g/mol. The van der Waals surface area contributed by atoms with E-state index < -0.39 is 0 Å². The molecule has 1 saturated heterocycles. The van der Waals surface area contributed by atoms with Crippen molar-refractivity contribution in [3.05, 3.63) is 53.6 Å². The fraction of sp³-hybridized carbons (Fsp3) is 0.440. The van der Waals surface area contributed by atoms with E-state index in [2.05, 4.69) is 15.6 Å². The average molecular weight is 566 g/mol. The Morgan fingerprint density at radius 2 is 1.76 bits per heavy atom. The molecule has 180 valence electrons. The number of piperidine rings is 1. The third-order valence-corrected chi connectivity index (χ3v) is 5.33. The van der Waals surface area contributed by atoms with Crippen molar-refractivity contribution in [3.63, 3.8) is 0 Å². The van der Waals surface area contributed by atoms with E-state index in [9.17, 15) is 4.79 Å². The van der Waals surface area contributed by atoms with Crippen LogP contribution in [0.2, 0.25) is 0 Å². The summed E-state index contributed by atoms with van der Waals surface area (Å²) >= 11 is 0. The van der Waals surface area contributed by atoms with E-state index in [4.69, 9.17) is 9.47 Å². The van der Waals surface area contributed by atoms with E-state index in [0.717, 1.165) is 49.3 Å². The van der Waals surface area contributed by atoms with Crippen molar-refractivity contribution in [2.45, 2.75) is 39.7 Å². The van der Waals surface area contributed by atoms with Crippen molar-refractivity contribution in [1.82, 2.24) is 10.2 Å². The van der Waals surface area contributed by atoms with Gasteiger partial charge in [-0.25, -0.2) is 4.99 Å². The summed E-state index contributed by atoms with van der Waals surface area (Å²) in [5.41, 5.74) is 2.64. The van der Waals surface area contributed by atoms with Gasteiger partial charge >= 0.3 is 0 Å². The normalized spacial score (nSPS) is 13.7. The van der Waals surface area contributed by atoms with Crippen molar-refractivity contribution in [2.24, 2.45) is 4.99 Å². The standard InChI is InChI=1S/C25H34N4O3.HI/c1-4-26-25(28-21-13-14-22(32-5-2)23(17-21)31-3)27-18-19-9-11-20(12-10-19)24(30)29-15-7-6-8-16-29;/h9-14,17H,4-8,15-16,18H2,1-3H3,(H2,26,27,28);1H. The zero-order chi connectivity index (χ0) is 22.8. The number of halogens is 1. The number of likely N-dealkylation sites (tertiary alicyclic amines) is 1. The van der Waals surface area contributed by atoms with Crippen LogP contribution in [0, 0.1) is 0 Å². The Balaban J connectivity index is 0.00000385. The lowest BCUT2D eigenvalue weighted by molar-refractivity contribution is 0.0724. The first-order valence-corrected chi connectivity index (χ1v) is 11.4. The summed E-state index contributed by atoms with van der Waals surface area (Å²) in [5, 5.41) is 6.57. The molecule has 3 rings (SSSR count). The second kappa shape index (κ2) is 13.9. The molecule has 1 heterocycles. The van der Waals surface area contributed by atoms with Crippen molar-refractivity contribution in [3.8, 4) is 11.5 Å². The van der Waals surface area contributed by atoms with Crippen LogP contribution in [0.1, 0.15) is 49.0 Å². The zero-order valence-electron chi connectivity index (χ0n) is 19.7. The van der Waals surface area contributed by atoms with Gasteiger partial charge < -0.3 is 25.0 Å². The van der Waals surface area contributed by atoms with Crippen LogP contribution in [0.4, 0.5) is 5.69 Å². The van der Waals surface area contributed by atoms with E-state index in [1.165, 1.54) is 6.42 Å². The molecule has 0 unspecified atom stereocenters. The molecule has 1 aliphatic rings. The highest BCUT2D eigenvalue weighted by molar-refractivity contribution is 14.0. The quantitative estimate of drug-likeness (QED) is 0.270. The first-order chi connectivity index (χ1) is 15.6. The Morgan fingerprint density at radius 1 is 1.03 bits per heavy atom. The third-order valence-electron chi connectivity index (χ3n) is 5.33. The van der Waals surface area contributed by atoms with Crippen LogP contribution < -0.4 is 20.1 Å². The van der Waals surface area contributed by atoms with Crippen molar-refractivity contribution in [1.29, 1.82) is 0 Å². The topological polar surface area (TPSA) is 75.2 Å². The third kappa shape index (κ3) is 7.80. The van der Waals surface area contributed by atoms with Crippen LogP contribution in [-0.2, 0) is 6.54 Å². The summed E-state index contributed by atoms with van der Waals surface area (Å²) in [4.78, 5) is 19.3. The number of hydrogen-bond donors (Lipinski definition) is 2. The lowest BCUT2D eigenvalue weighted by atomic mass is 10.1. The van der Waals surface area contributed by atoms with Crippen LogP contribution in [-0.4, -0.2) is 50.1 Å². The van der Waals surface area contributed by atoms with Crippen LogP contribution in [0.15, 0.2) is 47.5 Å². The lowest BCUT2D eigenvalue weighted by Gasteiger charge is -2.26. The Labute approximate surface area is 214 Å². The number of hydrogen-bond acceptors (Lipinski definition) is 4. The van der Waals surface area contributed by atoms with Crippen LogP contribution in [0.5, 0.6) is 11.5 Å². The molecule has 0 radical (unpaired) electrons. The minimum absolute atomic E-state index is 0. The van der Waals surface area contributed by atoms with Crippen molar-refractivity contribution >= 4 is 41.5 Å². The number of nitrogens with one attached hydrogen (secondary N) is 2. The maximum atomic E-state index is 12.6. The van der Waals surface area contributed by atoms with Gasteiger partial charge in [-0.05, 0) is 62.9 Å². The first kappa shape index (κ1) is 26.8. The monoisotopic (exact) mass is 566 g/mol. The number of carbonyl (C=O) groups excluding carboxylic acids is 1. The predicted octanol–water partition coefficient (Wildman–Crippen LogP) is 4.92. The van der Waals surface area contributed by atoms with Crippen LogP contribution in [0.25, 0.3) is 0 Å². The lowest BCUT2D eigenvalue weighted by Crippen LogP contribution is -2.35. The zero-order valence-corrected chi connectivity index (χ0v) is 22.1. The number of benzene rings is 2. The molecule has 2 aromatic carbocycles. The second-order valence-electron chi connectivity index (χ2n) is 7.67. The van der Waals surface area contributed by atoms with Gasteiger partial charge in [0.1, 0.15) is 0 Å². The number of methoxy groups -OCH3 is 1. The highest BCUT2D eigenvalue weighted by Gasteiger charge is 2.17. The van der Waals surface area contributed by atoms with Gasteiger partial charge in [0.25, 0.3) is 5.91 Å². The molecule has 33 heavy (non-hydrogen) atoms. The van der Waals surface area contributed by atoms with Gasteiger partial charge in [-0.3, -0.25) is 4.79 Å². The smallest absolute Gasteiger partial charge is 0.253 e. The minimum Gasteiger partial charge on any atom is -0.493 e. The highest BCUT2D eigenvalue weighted by Crippen LogP contribution is 2.30. The van der Waals surface area contributed by atoms with Gasteiger partial charge in [0.15, 0.2) is 17.5 Å².